The molecule has 1 saturated carbocycles. The van der Waals surface area contributed by atoms with Gasteiger partial charge in [0, 0.05) is 31.4 Å². The molecule has 36 heavy (non-hydrogen) atoms. The van der Waals surface area contributed by atoms with E-state index in [1.807, 2.05) is 19.2 Å². The summed E-state index contributed by atoms with van der Waals surface area (Å²) in [6.45, 7) is 5.25. The van der Waals surface area contributed by atoms with Gasteiger partial charge in [0.15, 0.2) is 0 Å². The SMILES string of the molecule is CCCN(C)c1ccc(C(=O)C(=O)N[C@H](CN2CCCC2)[C@H](O)c2ccc(OC3CC3)c(Cl)c2)cc1. The van der Waals surface area contributed by atoms with Crippen LogP contribution in [0.2, 0.25) is 5.02 Å². The number of benzene rings is 2. The Morgan fingerprint density at radius 2 is 1.86 bits per heavy atom. The van der Waals surface area contributed by atoms with Crippen molar-refractivity contribution in [2.75, 3.05) is 38.1 Å². The Bertz CT molecular complexity index is 1050. The Hall–Kier alpha value is -2.61. The fourth-order valence-corrected chi connectivity index (χ4v) is 4.79. The Kier molecular flexibility index (Phi) is 8.88. The number of carbonyl (C=O) groups excluding carboxylic acids is 2. The standard InChI is InChI=1S/C28H36ClN3O4/c1-3-14-31(2)21-9-6-19(7-10-21)27(34)28(35)30-24(18-32-15-4-5-16-32)26(33)20-8-13-25(23(29)17-20)36-22-11-12-22/h6-10,13,17,22,24,26,33H,3-5,11-12,14-16,18H2,1-2H3,(H,30,35)/t24-,26-/m1/s1. The molecule has 1 heterocycles. The van der Waals surface area contributed by atoms with Gasteiger partial charge in [0.25, 0.3) is 5.91 Å². The number of Topliss-reactive ketones (excluding diaryl/α,β-unsaturated/α-hetero) is 1. The van der Waals surface area contributed by atoms with Crippen molar-refractivity contribution in [3.63, 3.8) is 0 Å². The molecule has 0 spiro atoms. The van der Waals surface area contributed by atoms with Crippen LogP contribution in [0.4, 0.5) is 5.69 Å². The Morgan fingerprint density at radius 1 is 1.17 bits per heavy atom. The molecule has 2 fully saturated rings. The summed E-state index contributed by atoms with van der Waals surface area (Å²) < 4.78 is 5.80. The second kappa shape index (κ2) is 12.1. The summed E-state index contributed by atoms with van der Waals surface area (Å²) in [6, 6.07) is 11.6. The minimum atomic E-state index is -1.03. The van der Waals surface area contributed by atoms with Crippen LogP contribution < -0.4 is 15.0 Å². The van der Waals surface area contributed by atoms with E-state index in [-0.39, 0.29) is 6.10 Å². The summed E-state index contributed by atoms with van der Waals surface area (Å²) >= 11 is 6.42. The number of ketones is 1. The van der Waals surface area contributed by atoms with Crippen LogP contribution in [0.3, 0.4) is 0 Å². The number of nitrogens with zero attached hydrogens (tertiary/aromatic N) is 2. The highest BCUT2D eigenvalue weighted by Crippen LogP contribution is 2.34. The van der Waals surface area contributed by atoms with Crippen molar-refractivity contribution in [3.8, 4) is 5.75 Å². The van der Waals surface area contributed by atoms with Gasteiger partial charge < -0.3 is 25.0 Å². The molecule has 2 aliphatic rings. The smallest absolute Gasteiger partial charge is 0.292 e. The van der Waals surface area contributed by atoms with Gasteiger partial charge in [-0.05, 0) is 87.2 Å². The number of halogens is 1. The molecule has 2 atom stereocenters. The molecule has 1 aliphatic carbocycles. The van der Waals surface area contributed by atoms with E-state index in [4.69, 9.17) is 16.3 Å². The molecule has 7 nitrogen and oxygen atoms in total. The average molecular weight is 514 g/mol. The molecule has 0 radical (unpaired) electrons. The van der Waals surface area contributed by atoms with Crippen LogP contribution in [0, 0.1) is 0 Å². The lowest BCUT2D eigenvalue weighted by Crippen LogP contribution is -2.48. The maximum atomic E-state index is 13.0. The number of anilines is 1. The van der Waals surface area contributed by atoms with Gasteiger partial charge >= 0.3 is 0 Å². The largest absolute Gasteiger partial charge is 0.489 e. The van der Waals surface area contributed by atoms with Crippen LogP contribution in [0.25, 0.3) is 0 Å². The van der Waals surface area contributed by atoms with Gasteiger partial charge in [0.2, 0.25) is 5.78 Å². The summed E-state index contributed by atoms with van der Waals surface area (Å²) in [7, 11) is 1.99. The summed E-state index contributed by atoms with van der Waals surface area (Å²) in [5.74, 6) is -0.754. The summed E-state index contributed by atoms with van der Waals surface area (Å²) in [4.78, 5) is 30.2. The summed E-state index contributed by atoms with van der Waals surface area (Å²) in [5.41, 5.74) is 1.88. The van der Waals surface area contributed by atoms with Gasteiger partial charge in [-0.3, -0.25) is 9.59 Å². The molecular formula is C28H36ClN3O4. The maximum Gasteiger partial charge on any atom is 0.292 e. The first-order chi connectivity index (χ1) is 17.4. The van der Waals surface area contributed by atoms with Crippen LogP contribution >= 0.6 is 11.6 Å². The van der Waals surface area contributed by atoms with Gasteiger partial charge in [0.1, 0.15) is 11.9 Å². The first-order valence-electron chi connectivity index (χ1n) is 12.9. The number of aliphatic hydroxyl groups excluding tert-OH is 1. The monoisotopic (exact) mass is 513 g/mol. The number of hydrogen-bond acceptors (Lipinski definition) is 6. The molecule has 0 unspecified atom stereocenters. The zero-order chi connectivity index (χ0) is 25.7. The van der Waals surface area contributed by atoms with Crippen molar-refractivity contribution in [1.29, 1.82) is 0 Å². The number of aliphatic hydroxyl groups is 1. The predicted molar refractivity (Wildman–Crippen MR) is 142 cm³/mol. The lowest BCUT2D eigenvalue weighted by molar-refractivity contribution is -0.118. The third-order valence-electron chi connectivity index (χ3n) is 6.80. The number of nitrogens with one attached hydrogen (secondary N) is 1. The molecule has 2 N–H and O–H groups in total. The van der Waals surface area contributed by atoms with E-state index in [1.54, 1.807) is 30.3 Å². The molecule has 194 valence electrons. The number of rotatable bonds is 12. The topological polar surface area (TPSA) is 82.1 Å². The zero-order valence-electron chi connectivity index (χ0n) is 21.1. The fourth-order valence-electron chi connectivity index (χ4n) is 4.56. The predicted octanol–water partition coefficient (Wildman–Crippen LogP) is 4.22. The van der Waals surface area contributed by atoms with E-state index in [2.05, 4.69) is 22.0 Å². The number of amides is 1. The van der Waals surface area contributed by atoms with Crippen LogP contribution in [0.1, 0.15) is 61.1 Å². The van der Waals surface area contributed by atoms with E-state index in [0.29, 0.717) is 28.4 Å². The summed E-state index contributed by atoms with van der Waals surface area (Å²) in [5, 5.41) is 14.5. The Morgan fingerprint density at radius 3 is 2.47 bits per heavy atom. The minimum Gasteiger partial charge on any atom is -0.489 e. The van der Waals surface area contributed by atoms with Crippen LogP contribution in [0.5, 0.6) is 5.75 Å². The van der Waals surface area contributed by atoms with Crippen molar-refractivity contribution in [2.45, 2.75) is 57.3 Å². The molecule has 1 amide bonds. The summed E-state index contributed by atoms with van der Waals surface area (Å²) in [6.07, 6.45) is 4.41. The highest BCUT2D eigenvalue weighted by molar-refractivity contribution is 6.42. The number of ether oxygens (including phenoxy) is 1. The molecule has 0 bridgehead atoms. The van der Waals surface area contributed by atoms with Crippen molar-refractivity contribution < 1.29 is 19.4 Å². The zero-order valence-corrected chi connectivity index (χ0v) is 21.8. The van der Waals surface area contributed by atoms with E-state index in [1.165, 1.54) is 0 Å². The molecule has 1 saturated heterocycles. The molecule has 2 aromatic rings. The lowest BCUT2D eigenvalue weighted by atomic mass is 10.0. The van der Waals surface area contributed by atoms with Crippen LogP contribution in [0.15, 0.2) is 42.5 Å². The molecule has 2 aromatic carbocycles. The Balaban J connectivity index is 1.46. The quantitative estimate of drug-likeness (QED) is 0.326. The van der Waals surface area contributed by atoms with E-state index >= 15 is 0 Å². The maximum absolute atomic E-state index is 13.0. The van der Waals surface area contributed by atoms with Crippen LogP contribution in [-0.4, -0.2) is 67.1 Å². The van der Waals surface area contributed by atoms with Gasteiger partial charge in [-0.1, -0.05) is 24.6 Å². The minimum absolute atomic E-state index is 0.215. The van der Waals surface area contributed by atoms with E-state index in [0.717, 1.165) is 57.4 Å². The van der Waals surface area contributed by atoms with E-state index in [9.17, 15) is 14.7 Å². The van der Waals surface area contributed by atoms with Gasteiger partial charge in [0.05, 0.1) is 17.2 Å². The average Bonchev–Trinajstić information content (AvgIpc) is 3.55. The highest BCUT2D eigenvalue weighted by atomic mass is 35.5. The number of likely N-dealkylation sites (tertiary alicyclic amines) is 1. The molecular weight excluding hydrogens is 478 g/mol. The van der Waals surface area contributed by atoms with Crippen molar-refractivity contribution in [1.82, 2.24) is 10.2 Å². The van der Waals surface area contributed by atoms with Gasteiger partial charge in [-0.2, -0.15) is 0 Å². The Labute approximate surface area is 218 Å². The fraction of sp³-hybridized carbons (Fsp3) is 0.500. The molecule has 8 heteroatoms. The highest BCUT2D eigenvalue weighted by Gasteiger charge is 2.30. The van der Waals surface area contributed by atoms with Crippen molar-refractivity contribution in [3.05, 3.63) is 58.6 Å². The van der Waals surface area contributed by atoms with Crippen LogP contribution in [-0.2, 0) is 4.79 Å². The third-order valence-corrected chi connectivity index (χ3v) is 7.10. The second-order valence-corrected chi connectivity index (χ2v) is 10.2. The van der Waals surface area contributed by atoms with Gasteiger partial charge in [-0.15, -0.1) is 0 Å². The second-order valence-electron chi connectivity index (χ2n) is 9.84. The normalized spacial score (nSPS) is 17.4. The molecule has 4 rings (SSSR count). The van der Waals surface area contributed by atoms with E-state index < -0.39 is 23.8 Å². The van der Waals surface area contributed by atoms with Gasteiger partial charge in [-0.25, -0.2) is 0 Å². The number of carbonyl (C=O) groups is 2. The van der Waals surface area contributed by atoms with Crippen molar-refractivity contribution in [2.24, 2.45) is 0 Å². The first kappa shape index (κ1) is 26.5. The number of hydrogen-bond donors (Lipinski definition) is 2. The molecule has 0 aromatic heterocycles. The molecule has 1 aliphatic heterocycles. The lowest BCUT2D eigenvalue weighted by Gasteiger charge is -2.28. The third kappa shape index (κ3) is 6.78. The van der Waals surface area contributed by atoms with Crippen molar-refractivity contribution >= 4 is 29.0 Å². The first-order valence-corrected chi connectivity index (χ1v) is 13.3.